The standard InChI is InChI=1S/C12H20N2O/c15-12(10-2-1-3-10)14-8-9-4-5-11(14)7-13-6-9/h9-11,13H,1-8H2. The zero-order chi connectivity index (χ0) is 10.3. The third-order valence-corrected chi connectivity index (χ3v) is 4.35. The lowest BCUT2D eigenvalue weighted by Crippen LogP contribution is -2.50. The SMILES string of the molecule is O=C(C1CCC1)N1CC2CCC1CNC2. The van der Waals surface area contributed by atoms with Crippen molar-refractivity contribution in [3.05, 3.63) is 0 Å². The molecule has 4 fully saturated rings. The number of hydrogen-bond acceptors (Lipinski definition) is 2. The summed E-state index contributed by atoms with van der Waals surface area (Å²) in [6.45, 7) is 3.16. The second-order valence-electron chi connectivity index (χ2n) is 5.37. The molecular formula is C12H20N2O. The first-order chi connectivity index (χ1) is 7.34. The monoisotopic (exact) mass is 208 g/mol. The third-order valence-electron chi connectivity index (χ3n) is 4.35. The Kier molecular flexibility index (Phi) is 2.43. The fraction of sp³-hybridized carbons (Fsp3) is 0.917. The van der Waals surface area contributed by atoms with Crippen molar-refractivity contribution in [2.75, 3.05) is 19.6 Å². The Morgan fingerprint density at radius 3 is 2.73 bits per heavy atom. The average molecular weight is 208 g/mol. The van der Waals surface area contributed by atoms with Gasteiger partial charge in [0.25, 0.3) is 0 Å². The molecule has 84 valence electrons. The molecule has 1 N–H and O–H groups in total. The van der Waals surface area contributed by atoms with Crippen molar-refractivity contribution in [1.82, 2.24) is 10.2 Å². The van der Waals surface area contributed by atoms with Crippen LogP contribution in [0.25, 0.3) is 0 Å². The molecule has 3 saturated heterocycles. The van der Waals surface area contributed by atoms with Crippen LogP contribution in [-0.2, 0) is 4.79 Å². The van der Waals surface area contributed by atoms with Gasteiger partial charge in [-0.3, -0.25) is 4.79 Å². The molecule has 1 amide bonds. The molecular weight excluding hydrogens is 188 g/mol. The fourth-order valence-electron chi connectivity index (χ4n) is 3.10. The molecule has 1 saturated carbocycles. The number of rotatable bonds is 1. The first kappa shape index (κ1) is 9.64. The van der Waals surface area contributed by atoms with E-state index in [1.54, 1.807) is 0 Å². The van der Waals surface area contributed by atoms with Crippen molar-refractivity contribution in [2.45, 2.75) is 38.1 Å². The summed E-state index contributed by atoms with van der Waals surface area (Å²) >= 11 is 0. The smallest absolute Gasteiger partial charge is 0.225 e. The minimum atomic E-state index is 0.379. The van der Waals surface area contributed by atoms with Crippen LogP contribution in [0.15, 0.2) is 0 Å². The quantitative estimate of drug-likeness (QED) is 0.697. The van der Waals surface area contributed by atoms with Gasteiger partial charge in [0.1, 0.15) is 0 Å². The molecule has 3 heterocycles. The molecule has 0 aromatic heterocycles. The van der Waals surface area contributed by atoms with Gasteiger partial charge in [-0.2, -0.15) is 0 Å². The lowest BCUT2D eigenvalue weighted by molar-refractivity contribution is -0.142. The molecule has 3 nitrogen and oxygen atoms in total. The summed E-state index contributed by atoms with van der Waals surface area (Å²) in [5.41, 5.74) is 0. The minimum absolute atomic E-state index is 0.379. The van der Waals surface area contributed by atoms with Gasteiger partial charge in [0.05, 0.1) is 0 Å². The van der Waals surface area contributed by atoms with Crippen LogP contribution in [-0.4, -0.2) is 36.5 Å². The van der Waals surface area contributed by atoms with Gasteiger partial charge >= 0.3 is 0 Å². The predicted molar refractivity (Wildman–Crippen MR) is 58.4 cm³/mol. The van der Waals surface area contributed by atoms with Crippen molar-refractivity contribution in [3.8, 4) is 0 Å². The maximum Gasteiger partial charge on any atom is 0.225 e. The van der Waals surface area contributed by atoms with Crippen LogP contribution < -0.4 is 5.32 Å². The lowest BCUT2D eigenvalue weighted by Gasteiger charge is -2.40. The number of carbonyl (C=O) groups is 1. The lowest BCUT2D eigenvalue weighted by atomic mass is 9.83. The van der Waals surface area contributed by atoms with E-state index in [2.05, 4.69) is 10.2 Å². The maximum absolute atomic E-state index is 12.2. The number of fused-ring (bicyclic) bond motifs is 4. The molecule has 0 radical (unpaired) electrons. The number of piperidine rings is 1. The van der Waals surface area contributed by atoms with Crippen LogP contribution in [0.5, 0.6) is 0 Å². The van der Waals surface area contributed by atoms with Gasteiger partial charge in [0.2, 0.25) is 5.91 Å². The Morgan fingerprint density at radius 2 is 2.00 bits per heavy atom. The Balaban J connectivity index is 1.71. The van der Waals surface area contributed by atoms with Crippen LogP contribution in [0.3, 0.4) is 0 Å². The van der Waals surface area contributed by atoms with Crippen LogP contribution in [0, 0.1) is 11.8 Å². The molecule has 0 spiro atoms. The largest absolute Gasteiger partial charge is 0.338 e. The summed E-state index contributed by atoms with van der Waals surface area (Å²) in [5.74, 6) is 1.55. The highest BCUT2D eigenvalue weighted by Crippen LogP contribution is 2.32. The molecule has 2 atom stereocenters. The fourth-order valence-corrected chi connectivity index (χ4v) is 3.10. The first-order valence-electron chi connectivity index (χ1n) is 6.36. The molecule has 1 aliphatic carbocycles. The molecule has 2 bridgehead atoms. The maximum atomic E-state index is 12.2. The Bertz CT molecular complexity index is 258. The molecule has 4 aliphatic rings. The molecule has 0 aromatic rings. The number of nitrogens with one attached hydrogen (secondary N) is 1. The Hall–Kier alpha value is -0.570. The van der Waals surface area contributed by atoms with E-state index in [9.17, 15) is 4.79 Å². The second kappa shape index (κ2) is 3.78. The Labute approximate surface area is 91.2 Å². The molecule has 0 aromatic carbocycles. The van der Waals surface area contributed by atoms with E-state index < -0.39 is 0 Å². The van der Waals surface area contributed by atoms with Gasteiger partial charge in [-0.05, 0) is 38.1 Å². The normalized spacial score (nSPS) is 36.1. The van der Waals surface area contributed by atoms with Crippen molar-refractivity contribution in [3.63, 3.8) is 0 Å². The topological polar surface area (TPSA) is 32.3 Å². The average Bonchev–Trinajstić information content (AvgIpc) is 2.48. The van der Waals surface area contributed by atoms with E-state index >= 15 is 0 Å². The predicted octanol–water partition coefficient (Wildman–Crippen LogP) is 0.997. The summed E-state index contributed by atoms with van der Waals surface area (Å²) in [6.07, 6.45) is 6.07. The van der Waals surface area contributed by atoms with Gasteiger partial charge in [-0.25, -0.2) is 0 Å². The molecule has 3 heteroatoms. The van der Waals surface area contributed by atoms with Crippen LogP contribution in [0.4, 0.5) is 0 Å². The van der Waals surface area contributed by atoms with Gasteiger partial charge < -0.3 is 10.2 Å². The first-order valence-corrected chi connectivity index (χ1v) is 6.36. The van der Waals surface area contributed by atoms with Crippen LogP contribution >= 0.6 is 0 Å². The van der Waals surface area contributed by atoms with Crippen molar-refractivity contribution in [2.24, 2.45) is 11.8 Å². The summed E-state index contributed by atoms with van der Waals surface area (Å²) in [6, 6.07) is 0.497. The van der Waals surface area contributed by atoms with Gasteiger partial charge in [-0.15, -0.1) is 0 Å². The van der Waals surface area contributed by atoms with E-state index in [0.717, 1.165) is 32.5 Å². The number of carbonyl (C=O) groups excluding carboxylic acids is 1. The summed E-state index contributed by atoms with van der Waals surface area (Å²) < 4.78 is 0. The van der Waals surface area contributed by atoms with E-state index in [1.807, 2.05) is 0 Å². The van der Waals surface area contributed by atoms with E-state index in [1.165, 1.54) is 19.3 Å². The summed E-state index contributed by atoms with van der Waals surface area (Å²) in [5, 5.41) is 3.48. The van der Waals surface area contributed by atoms with Crippen molar-refractivity contribution in [1.29, 1.82) is 0 Å². The molecule has 3 aliphatic heterocycles. The summed E-state index contributed by atoms with van der Waals surface area (Å²) in [4.78, 5) is 14.4. The van der Waals surface area contributed by atoms with Gasteiger partial charge in [0, 0.05) is 25.0 Å². The van der Waals surface area contributed by atoms with Crippen LogP contribution in [0.1, 0.15) is 32.1 Å². The highest BCUT2D eigenvalue weighted by Gasteiger charge is 2.38. The van der Waals surface area contributed by atoms with Crippen molar-refractivity contribution >= 4 is 5.91 Å². The second-order valence-corrected chi connectivity index (χ2v) is 5.37. The molecule has 2 unspecified atom stereocenters. The van der Waals surface area contributed by atoms with E-state index in [4.69, 9.17) is 0 Å². The minimum Gasteiger partial charge on any atom is -0.338 e. The highest BCUT2D eigenvalue weighted by atomic mass is 16.2. The molecule has 4 rings (SSSR count). The summed E-state index contributed by atoms with van der Waals surface area (Å²) in [7, 11) is 0. The van der Waals surface area contributed by atoms with Crippen LogP contribution in [0.2, 0.25) is 0 Å². The zero-order valence-electron chi connectivity index (χ0n) is 9.24. The van der Waals surface area contributed by atoms with Crippen molar-refractivity contribution < 1.29 is 4.79 Å². The third kappa shape index (κ3) is 1.67. The highest BCUT2D eigenvalue weighted by molar-refractivity contribution is 5.80. The molecule has 15 heavy (non-hydrogen) atoms. The number of nitrogens with zero attached hydrogens (tertiary/aromatic N) is 1. The Morgan fingerprint density at radius 1 is 1.13 bits per heavy atom. The zero-order valence-corrected chi connectivity index (χ0v) is 9.24. The number of amides is 1. The van der Waals surface area contributed by atoms with E-state index in [-0.39, 0.29) is 0 Å². The van der Waals surface area contributed by atoms with Gasteiger partial charge in [-0.1, -0.05) is 6.42 Å². The number of hydrogen-bond donors (Lipinski definition) is 1. The van der Waals surface area contributed by atoms with E-state index in [0.29, 0.717) is 23.8 Å². The van der Waals surface area contributed by atoms with Gasteiger partial charge in [0.15, 0.2) is 0 Å².